The standard InChI is InChI=1S/C19H23F3O4/c1-3-24-18(23)7-5-4-6-14-8-9-15(19(20,21)22)10-17(14)13(2)25-11-16-12-26-16/h4,6,8-10,13,16H,3,5,7,11-12H2,1-2H3/b6-4+/t13-,16?/m1/s1. The number of rotatable bonds is 9. The molecular formula is C19H23F3O4. The predicted octanol–water partition coefficient (Wildman–Crippen LogP) is 4.54. The van der Waals surface area contributed by atoms with Gasteiger partial charge in [-0.05, 0) is 43.5 Å². The summed E-state index contributed by atoms with van der Waals surface area (Å²) in [5.41, 5.74) is 0.369. The van der Waals surface area contributed by atoms with Crippen LogP contribution in [0.15, 0.2) is 24.3 Å². The maximum atomic E-state index is 13.0. The molecule has 1 aromatic carbocycles. The second-order valence-electron chi connectivity index (χ2n) is 6.02. The number of hydrogen-bond donors (Lipinski definition) is 0. The van der Waals surface area contributed by atoms with Gasteiger partial charge in [-0.15, -0.1) is 0 Å². The summed E-state index contributed by atoms with van der Waals surface area (Å²) in [6.45, 7) is 4.74. The second-order valence-corrected chi connectivity index (χ2v) is 6.02. The van der Waals surface area contributed by atoms with E-state index in [4.69, 9.17) is 14.2 Å². The van der Waals surface area contributed by atoms with Crippen LogP contribution in [0.5, 0.6) is 0 Å². The second kappa shape index (κ2) is 9.19. The van der Waals surface area contributed by atoms with Gasteiger partial charge in [0.15, 0.2) is 0 Å². The van der Waals surface area contributed by atoms with Crippen LogP contribution in [0.2, 0.25) is 0 Å². The van der Waals surface area contributed by atoms with Gasteiger partial charge in [-0.25, -0.2) is 0 Å². The van der Waals surface area contributed by atoms with E-state index < -0.39 is 17.8 Å². The summed E-state index contributed by atoms with van der Waals surface area (Å²) in [5.74, 6) is -0.300. The normalized spacial score (nSPS) is 18.1. The first-order chi connectivity index (χ1) is 12.3. The molecule has 1 saturated heterocycles. The van der Waals surface area contributed by atoms with Crippen molar-refractivity contribution in [2.75, 3.05) is 19.8 Å². The minimum Gasteiger partial charge on any atom is -0.466 e. The molecule has 0 saturated carbocycles. The molecule has 1 aromatic rings. The number of carbonyl (C=O) groups is 1. The van der Waals surface area contributed by atoms with E-state index >= 15 is 0 Å². The molecule has 0 spiro atoms. The number of hydrogen-bond acceptors (Lipinski definition) is 4. The average molecular weight is 372 g/mol. The largest absolute Gasteiger partial charge is 0.466 e. The third kappa shape index (κ3) is 6.46. The van der Waals surface area contributed by atoms with Crippen LogP contribution in [0.1, 0.15) is 49.5 Å². The van der Waals surface area contributed by atoms with Crippen LogP contribution in [0, 0.1) is 0 Å². The van der Waals surface area contributed by atoms with E-state index in [9.17, 15) is 18.0 Å². The van der Waals surface area contributed by atoms with E-state index in [1.807, 2.05) is 0 Å². The highest BCUT2D eigenvalue weighted by Gasteiger charge is 2.31. The van der Waals surface area contributed by atoms with Gasteiger partial charge in [0.05, 0.1) is 31.5 Å². The first-order valence-electron chi connectivity index (χ1n) is 8.57. The number of allylic oxidation sites excluding steroid dienone is 1. The van der Waals surface area contributed by atoms with Gasteiger partial charge in [0.1, 0.15) is 6.10 Å². The first-order valence-corrected chi connectivity index (χ1v) is 8.57. The topological polar surface area (TPSA) is 48.1 Å². The third-order valence-corrected chi connectivity index (χ3v) is 3.90. The molecule has 0 aromatic heterocycles. The predicted molar refractivity (Wildman–Crippen MR) is 90.5 cm³/mol. The minimum absolute atomic E-state index is 0.0341. The van der Waals surface area contributed by atoms with E-state index in [-0.39, 0.29) is 18.5 Å². The van der Waals surface area contributed by atoms with Crippen LogP contribution in [-0.4, -0.2) is 31.9 Å². The van der Waals surface area contributed by atoms with Crippen molar-refractivity contribution in [3.63, 3.8) is 0 Å². The van der Waals surface area contributed by atoms with Crippen LogP contribution in [0.3, 0.4) is 0 Å². The maximum absolute atomic E-state index is 13.0. The molecule has 0 N–H and O–H groups in total. The summed E-state index contributed by atoms with van der Waals surface area (Å²) in [4.78, 5) is 11.3. The van der Waals surface area contributed by atoms with E-state index in [0.717, 1.165) is 12.1 Å². The first kappa shape index (κ1) is 20.5. The highest BCUT2D eigenvalue weighted by molar-refractivity contribution is 5.69. The van der Waals surface area contributed by atoms with Crippen LogP contribution in [0.4, 0.5) is 13.2 Å². The number of esters is 1. The van der Waals surface area contributed by atoms with Gasteiger partial charge in [0, 0.05) is 6.42 Å². The van der Waals surface area contributed by atoms with Crippen molar-refractivity contribution < 1.29 is 32.2 Å². The fourth-order valence-corrected chi connectivity index (χ4v) is 2.41. The zero-order valence-corrected chi connectivity index (χ0v) is 14.8. The minimum atomic E-state index is -4.42. The van der Waals surface area contributed by atoms with Crippen molar-refractivity contribution in [3.8, 4) is 0 Å². The Morgan fingerprint density at radius 3 is 2.77 bits per heavy atom. The fourth-order valence-electron chi connectivity index (χ4n) is 2.41. The van der Waals surface area contributed by atoms with E-state index in [1.54, 1.807) is 26.0 Å². The molecule has 1 aliphatic rings. The summed E-state index contributed by atoms with van der Waals surface area (Å²) in [7, 11) is 0. The van der Waals surface area contributed by atoms with Crippen LogP contribution >= 0.6 is 0 Å². The molecule has 0 bridgehead atoms. The summed E-state index contributed by atoms with van der Waals surface area (Å²) >= 11 is 0. The Morgan fingerprint density at radius 1 is 1.42 bits per heavy atom. The van der Waals surface area contributed by atoms with Crippen LogP contribution in [-0.2, 0) is 25.2 Å². The van der Waals surface area contributed by atoms with Gasteiger partial charge in [0.25, 0.3) is 0 Å². The van der Waals surface area contributed by atoms with Gasteiger partial charge >= 0.3 is 12.1 Å². The quantitative estimate of drug-likeness (QED) is 0.472. The lowest BCUT2D eigenvalue weighted by Crippen LogP contribution is -2.10. The van der Waals surface area contributed by atoms with Gasteiger partial charge < -0.3 is 14.2 Å². The molecule has 26 heavy (non-hydrogen) atoms. The highest BCUT2D eigenvalue weighted by atomic mass is 19.4. The van der Waals surface area contributed by atoms with Crippen molar-refractivity contribution in [3.05, 3.63) is 41.0 Å². The Labute approximate surface area is 150 Å². The molecule has 2 rings (SSSR count). The fraction of sp³-hybridized carbons (Fsp3) is 0.526. The van der Waals surface area contributed by atoms with Crippen molar-refractivity contribution in [2.24, 2.45) is 0 Å². The molecule has 0 amide bonds. The Balaban J connectivity index is 2.10. The molecule has 7 heteroatoms. The number of carbonyl (C=O) groups excluding carboxylic acids is 1. The van der Waals surface area contributed by atoms with Gasteiger partial charge in [-0.3, -0.25) is 4.79 Å². The molecule has 0 radical (unpaired) electrons. The lowest BCUT2D eigenvalue weighted by molar-refractivity contribution is -0.143. The number of alkyl halides is 3. The summed E-state index contributed by atoms with van der Waals surface area (Å²) in [6.07, 6.45) is -0.754. The van der Waals surface area contributed by atoms with E-state index in [2.05, 4.69) is 0 Å². The van der Waals surface area contributed by atoms with Gasteiger partial charge in [-0.2, -0.15) is 13.2 Å². The Kier molecular flexibility index (Phi) is 7.23. The molecule has 1 fully saturated rings. The summed E-state index contributed by atoms with van der Waals surface area (Å²) < 4.78 is 54.6. The zero-order chi connectivity index (χ0) is 19.2. The Hall–Kier alpha value is -1.86. The lowest BCUT2D eigenvalue weighted by atomic mass is 9.99. The molecule has 2 atom stereocenters. The Morgan fingerprint density at radius 2 is 2.15 bits per heavy atom. The molecular weight excluding hydrogens is 349 g/mol. The van der Waals surface area contributed by atoms with Gasteiger partial charge in [0.2, 0.25) is 0 Å². The summed E-state index contributed by atoms with van der Waals surface area (Å²) in [5, 5.41) is 0. The van der Waals surface area contributed by atoms with Gasteiger partial charge in [-0.1, -0.05) is 18.2 Å². The number of ether oxygens (including phenoxy) is 3. The van der Waals surface area contributed by atoms with Crippen LogP contribution in [0.25, 0.3) is 6.08 Å². The third-order valence-electron chi connectivity index (χ3n) is 3.90. The lowest BCUT2D eigenvalue weighted by Gasteiger charge is -2.18. The van der Waals surface area contributed by atoms with Crippen molar-refractivity contribution in [1.29, 1.82) is 0 Å². The maximum Gasteiger partial charge on any atom is 0.416 e. The molecule has 1 aliphatic heterocycles. The smallest absolute Gasteiger partial charge is 0.416 e. The molecule has 144 valence electrons. The molecule has 4 nitrogen and oxygen atoms in total. The highest BCUT2D eigenvalue weighted by Crippen LogP contribution is 2.33. The molecule has 1 heterocycles. The molecule has 1 unspecified atom stereocenters. The number of epoxide rings is 1. The zero-order valence-electron chi connectivity index (χ0n) is 14.8. The Bertz CT molecular complexity index is 636. The number of benzene rings is 1. The van der Waals surface area contributed by atoms with E-state index in [1.165, 1.54) is 6.07 Å². The number of halogens is 3. The summed E-state index contributed by atoms with van der Waals surface area (Å²) in [6, 6.07) is 3.58. The molecule has 0 aliphatic carbocycles. The van der Waals surface area contributed by atoms with Crippen molar-refractivity contribution in [2.45, 2.75) is 45.1 Å². The average Bonchev–Trinajstić information content (AvgIpc) is 3.40. The van der Waals surface area contributed by atoms with Crippen molar-refractivity contribution in [1.82, 2.24) is 0 Å². The van der Waals surface area contributed by atoms with Crippen LogP contribution < -0.4 is 0 Å². The monoisotopic (exact) mass is 372 g/mol. The SMILES string of the molecule is CCOC(=O)CC/C=C/c1ccc(C(F)(F)F)cc1[C@@H](C)OCC1CO1. The van der Waals surface area contributed by atoms with E-state index in [0.29, 0.717) is 37.4 Å². The van der Waals surface area contributed by atoms with Crippen molar-refractivity contribution >= 4 is 12.0 Å².